The molecule has 1 aliphatic rings. The molecule has 2 nitrogen and oxygen atoms in total. The zero-order valence-electron chi connectivity index (χ0n) is 8.31. The highest BCUT2D eigenvalue weighted by Gasteiger charge is 2.22. The Hall–Kier alpha value is -0.370. The number of carbonyl (C=O) groups excluding carboxylic acids is 1. The minimum atomic E-state index is 0.186. The number of nitrogens with one attached hydrogen (secondary N) is 1. The molecule has 0 unspecified atom stereocenters. The van der Waals surface area contributed by atoms with E-state index in [4.69, 9.17) is 0 Å². The van der Waals surface area contributed by atoms with Crippen molar-refractivity contribution < 1.29 is 4.79 Å². The molecule has 0 aromatic rings. The SMILES string of the molecule is CC(C)(C)NC1CCC(=O)CC1. The Morgan fingerprint density at radius 3 is 2.17 bits per heavy atom. The summed E-state index contributed by atoms with van der Waals surface area (Å²) in [6, 6.07) is 0.558. The van der Waals surface area contributed by atoms with E-state index in [1.54, 1.807) is 0 Å². The van der Waals surface area contributed by atoms with Crippen LogP contribution in [-0.4, -0.2) is 17.4 Å². The standard InChI is InChI=1S/C10H19NO/c1-10(2,3)11-8-4-6-9(12)7-5-8/h8,11H,4-7H2,1-3H3. The molecule has 0 atom stereocenters. The number of rotatable bonds is 1. The van der Waals surface area contributed by atoms with Crippen LogP contribution in [0.15, 0.2) is 0 Å². The van der Waals surface area contributed by atoms with Crippen molar-refractivity contribution in [3.8, 4) is 0 Å². The Labute approximate surface area is 74.7 Å². The molecule has 0 heterocycles. The summed E-state index contributed by atoms with van der Waals surface area (Å²) < 4.78 is 0. The third-order valence-electron chi connectivity index (χ3n) is 2.18. The smallest absolute Gasteiger partial charge is 0.133 e. The summed E-state index contributed by atoms with van der Waals surface area (Å²) in [6.45, 7) is 6.51. The number of Topliss-reactive ketones (excluding diaryl/α,β-unsaturated/α-hetero) is 1. The van der Waals surface area contributed by atoms with Gasteiger partial charge >= 0.3 is 0 Å². The molecule has 0 saturated heterocycles. The predicted molar refractivity (Wildman–Crippen MR) is 50.2 cm³/mol. The van der Waals surface area contributed by atoms with Gasteiger partial charge in [0.1, 0.15) is 5.78 Å². The van der Waals surface area contributed by atoms with E-state index in [0.717, 1.165) is 25.7 Å². The second kappa shape index (κ2) is 3.56. The van der Waals surface area contributed by atoms with Crippen molar-refractivity contribution in [3.05, 3.63) is 0 Å². The molecular formula is C10H19NO. The Morgan fingerprint density at radius 1 is 1.25 bits per heavy atom. The van der Waals surface area contributed by atoms with Crippen LogP contribution in [0.3, 0.4) is 0 Å². The summed E-state index contributed by atoms with van der Waals surface area (Å²) in [5.74, 6) is 0.432. The fourth-order valence-corrected chi connectivity index (χ4v) is 1.70. The number of hydrogen-bond acceptors (Lipinski definition) is 2. The summed E-state index contributed by atoms with van der Waals surface area (Å²) in [6.07, 6.45) is 3.59. The van der Waals surface area contributed by atoms with Crippen LogP contribution >= 0.6 is 0 Å². The molecule has 0 spiro atoms. The van der Waals surface area contributed by atoms with Gasteiger partial charge in [0.05, 0.1) is 0 Å². The van der Waals surface area contributed by atoms with Gasteiger partial charge in [0.15, 0.2) is 0 Å². The fourth-order valence-electron chi connectivity index (χ4n) is 1.70. The van der Waals surface area contributed by atoms with E-state index in [0.29, 0.717) is 11.8 Å². The van der Waals surface area contributed by atoms with E-state index >= 15 is 0 Å². The highest BCUT2D eigenvalue weighted by Crippen LogP contribution is 2.17. The van der Waals surface area contributed by atoms with Crippen LogP contribution in [0.1, 0.15) is 46.5 Å². The van der Waals surface area contributed by atoms with Crippen molar-refractivity contribution in [2.45, 2.75) is 58.0 Å². The van der Waals surface area contributed by atoms with Crippen molar-refractivity contribution in [1.82, 2.24) is 5.32 Å². The monoisotopic (exact) mass is 169 g/mol. The average Bonchev–Trinajstić information content (AvgIpc) is 1.91. The average molecular weight is 169 g/mol. The summed E-state index contributed by atoms with van der Waals surface area (Å²) in [5.41, 5.74) is 0.186. The van der Waals surface area contributed by atoms with Crippen molar-refractivity contribution in [1.29, 1.82) is 0 Å². The summed E-state index contributed by atoms with van der Waals surface area (Å²) in [4.78, 5) is 10.9. The highest BCUT2D eigenvalue weighted by molar-refractivity contribution is 5.79. The second-order valence-corrected chi connectivity index (χ2v) is 4.71. The third-order valence-corrected chi connectivity index (χ3v) is 2.18. The maximum atomic E-state index is 10.9. The van der Waals surface area contributed by atoms with E-state index in [1.807, 2.05) is 0 Å². The van der Waals surface area contributed by atoms with E-state index in [1.165, 1.54) is 0 Å². The molecule has 1 rings (SSSR count). The van der Waals surface area contributed by atoms with Gasteiger partial charge < -0.3 is 5.32 Å². The maximum absolute atomic E-state index is 10.9. The van der Waals surface area contributed by atoms with E-state index in [9.17, 15) is 4.79 Å². The van der Waals surface area contributed by atoms with Crippen molar-refractivity contribution in [2.75, 3.05) is 0 Å². The van der Waals surface area contributed by atoms with Crippen molar-refractivity contribution >= 4 is 5.78 Å². The molecule has 2 heteroatoms. The van der Waals surface area contributed by atoms with Crippen molar-refractivity contribution in [2.24, 2.45) is 0 Å². The van der Waals surface area contributed by atoms with Gasteiger partial charge in [-0.1, -0.05) is 0 Å². The Balaban J connectivity index is 2.31. The topological polar surface area (TPSA) is 29.1 Å². The molecule has 1 N–H and O–H groups in total. The van der Waals surface area contributed by atoms with Crippen LogP contribution in [0, 0.1) is 0 Å². The lowest BCUT2D eigenvalue weighted by molar-refractivity contribution is -0.120. The van der Waals surface area contributed by atoms with E-state index in [2.05, 4.69) is 26.1 Å². The van der Waals surface area contributed by atoms with Gasteiger partial charge in [-0.15, -0.1) is 0 Å². The van der Waals surface area contributed by atoms with Gasteiger partial charge in [-0.3, -0.25) is 4.79 Å². The maximum Gasteiger partial charge on any atom is 0.133 e. The molecule has 1 aliphatic carbocycles. The molecule has 0 bridgehead atoms. The molecule has 0 aliphatic heterocycles. The minimum Gasteiger partial charge on any atom is -0.309 e. The molecule has 1 fully saturated rings. The lowest BCUT2D eigenvalue weighted by Gasteiger charge is -2.30. The first-order valence-corrected chi connectivity index (χ1v) is 4.77. The molecule has 12 heavy (non-hydrogen) atoms. The van der Waals surface area contributed by atoms with Crippen LogP contribution in [-0.2, 0) is 4.79 Å². The fraction of sp³-hybridized carbons (Fsp3) is 0.900. The highest BCUT2D eigenvalue weighted by atomic mass is 16.1. The summed E-state index contributed by atoms with van der Waals surface area (Å²) in [5, 5.41) is 3.53. The Morgan fingerprint density at radius 2 is 1.75 bits per heavy atom. The van der Waals surface area contributed by atoms with Gasteiger partial charge in [0, 0.05) is 24.4 Å². The van der Waals surface area contributed by atoms with Crippen LogP contribution < -0.4 is 5.32 Å². The first kappa shape index (κ1) is 9.72. The minimum absolute atomic E-state index is 0.186. The van der Waals surface area contributed by atoms with E-state index in [-0.39, 0.29) is 5.54 Å². The zero-order chi connectivity index (χ0) is 9.19. The number of ketones is 1. The largest absolute Gasteiger partial charge is 0.309 e. The molecule has 0 amide bonds. The van der Waals surface area contributed by atoms with Gasteiger partial charge in [-0.25, -0.2) is 0 Å². The normalized spacial score (nSPS) is 21.4. The van der Waals surface area contributed by atoms with Crippen LogP contribution in [0.2, 0.25) is 0 Å². The molecule has 0 aromatic carbocycles. The summed E-state index contributed by atoms with van der Waals surface area (Å²) in [7, 11) is 0. The van der Waals surface area contributed by atoms with Gasteiger partial charge in [-0.2, -0.15) is 0 Å². The summed E-state index contributed by atoms with van der Waals surface area (Å²) >= 11 is 0. The third kappa shape index (κ3) is 3.35. The lowest BCUT2D eigenvalue weighted by Crippen LogP contribution is -2.45. The van der Waals surface area contributed by atoms with Crippen LogP contribution in [0.5, 0.6) is 0 Å². The first-order chi connectivity index (χ1) is 5.47. The zero-order valence-corrected chi connectivity index (χ0v) is 8.31. The van der Waals surface area contributed by atoms with Gasteiger partial charge in [0.2, 0.25) is 0 Å². The second-order valence-electron chi connectivity index (χ2n) is 4.71. The Kier molecular flexibility index (Phi) is 2.89. The van der Waals surface area contributed by atoms with Gasteiger partial charge in [-0.05, 0) is 33.6 Å². The molecule has 0 radical (unpaired) electrons. The molecular weight excluding hydrogens is 150 g/mol. The van der Waals surface area contributed by atoms with Crippen LogP contribution in [0.25, 0.3) is 0 Å². The molecule has 1 saturated carbocycles. The first-order valence-electron chi connectivity index (χ1n) is 4.77. The predicted octanol–water partition coefficient (Wildman–Crippen LogP) is 1.89. The lowest BCUT2D eigenvalue weighted by atomic mass is 9.92. The van der Waals surface area contributed by atoms with Crippen LogP contribution in [0.4, 0.5) is 0 Å². The van der Waals surface area contributed by atoms with Gasteiger partial charge in [0.25, 0.3) is 0 Å². The Bertz CT molecular complexity index is 159. The number of carbonyl (C=O) groups is 1. The van der Waals surface area contributed by atoms with E-state index < -0.39 is 0 Å². The number of hydrogen-bond donors (Lipinski definition) is 1. The molecule has 0 aromatic heterocycles. The molecule has 70 valence electrons. The van der Waals surface area contributed by atoms with Crippen molar-refractivity contribution in [3.63, 3.8) is 0 Å². The quantitative estimate of drug-likeness (QED) is 0.649.